The van der Waals surface area contributed by atoms with Crippen LogP contribution in [0.5, 0.6) is 0 Å². The zero-order valence-electron chi connectivity index (χ0n) is 11.3. The van der Waals surface area contributed by atoms with Gasteiger partial charge in [-0.1, -0.05) is 17.7 Å². The third kappa shape index (κ3) is 1.98. The normalized spacial score (nSPS) is 16.4. The fraction of sp³-hybridized carbons (Fsp3) is 0.429. The van der Waals surface area contributed by atoms with E-state index in [1.807, 2.05) is 32.9 Å². The Balaban J connectivity index is 2.44. The van der Waals surface area contributed by atoms with Crippen molar-refractivity contribution < 1.29 is 9.59 Å². The van der Waals surface area contributed by atoms with Gasteiger partial charge in [0.1, 0.15) is 0 Å². The number of hydrogen-bond donors (Lipinski definition) is 0. The summed E-state index contributed by atoms with van der Waals surface area (Å²) in [6.45, 7) is 7.13. The predicted molar refractivity (Wildman–Crippen MR) is 70.6 cm³/mol. The Morgan fingerprint density at radius 3 is 2.06 bits per heavy atom. The van der Waals surface area contributed by atoms with Crippen molar-refractivity contribution in [2.75, 3.05) is 25.0 Å². The monoisotopic (exact) mass is 246 g/mol. The molecule has 1 aliphatic heterocycles. The summed E-state index contributed by atoms with van der Waals surface area (Å²) in [5.74, 6) is -0.862. The highest BCUT2D eigenvalue weighted by molar-refractivity contribution is 6.41. The summed E-state index contributed by atoms with van der Waals surface area (Å²) in [6, 6.07) is 4.08. The first-order valence-corrected chi connectivity index (χ1v) is 6.06. The third-order valence-electron chi connectivity index (χ3n) is 3.34. The van der Waals surface area contributed by atoms with E-state index in [4.69, 9.17) is 0 Å². The summed E-state index contributed by atoms with van der Waals surface area (Å²) in [6.07, 6.45) is 0. The van der Waals surface area contributed by atoms with E-state index >= 15 is 0 Å². The van der Waals surface area contributed by atoms with Crippen molar-refractivity contribution in [2.24, 2.45) is 0 Å². The fourth-order valence-electron chi connectivity index (χ4n) is 2.54. The molecule has 0 aliphatic carbocycles. The molecule has 0 saturated carbocycles. The quantitative estimate of drug-likeness (QED) is 0.703. The zero-order chi connectivity index (χ0) is 13.4. The summed E-state index contributed by atoms with van der Waals surface area (Å²) in [4.78, 5) is 26.9. The summed E-state index contributed by atoms with van der Waals surface area (Å²) >= 11 is 0. The smallest absolute Gasteiger partial charge is 0.316 e. The molecule has 1 heterocycles. The van der Waals surface area contributed by atoms with Gasteiger partial charge in [-0.25, -0.2) is 0 Å². The number of nitrogens with zero attached hydrogens (tertiary/aromatic N) is 2. The van der Waals surface area contributed by atoms with Gasteiger partial charge < -0.3 is 9.80 Å². The lowest BCUT2D eigenvalue weighted by Gasteiger charge is -2.33. The van der Waals surface area contributed by atoms with Gasteiger partial charge in [-0.15, -0.1) is 0 Å². The number of benzene rings is 1. The van der Waals surface area contributed by atoms with Crippen LogP contribution in [0.4, 0.5) is 5.69 Å². The van der Waals surface area contributed by atoms with Crippen molar-refractivity contribution in [3.8, 4) is 0 Å². The number of hydrogen-bond acceptors (Lipinski definition) is 2. The molecule has 0 radical (unpaired) electrons. The van der Waals surface area contributed by atoms with Crippen LogP contribution in [0.2, 0.25) is 0 Å². The van der Waals surface area contributed by atoms with Crippen molar-refractivity contribution >= 4 is 17.5 Å². The largest absolute Gasteiger partial charge is 0.336 e. The summed E-state index contributed by atoms with van der Waals surface area (Å²) in [7, 11) is 1.66. The molecule has 0 atom stereocenters. The van der Waals surface area contributed by atoms with Crippen LogP contribution in [-0.4, -0.2) is 36.9 Å². The van der Waals surface area contributed by atoms with Gasteiger partial charge in [-0.3, -0.25) is 9.59 Å². The molecule has 96 valence electrons. The standard InChI is InChI=1S/C14H18N2O2/c1-9-7-10(2)12(11(3)8-9)16-6-5-15(4)13(17)14(16)18/h7-8H,5-6H2,1-4H3. The average molecular weight is 246 g/mol. The van der Waals surface area contributed by atoms with Gasteiger partial charge in [-0.05, 0) is 31.9 Å². The number of likely N-dealkylation sites (N-methyl/N-ethyl adjacent to an activating group) is 1. The third-order valence-corrected chi connectivity index (χ3v) is 3.34. The van der Waals surface area contributed by atoms with Crippen molar-refractivity contribution in [2.45, 2.75) is 20.8 Å². The van der Waals surface area contributed by atoms with E-state index < -0.39 is 11.8 Å². The molecule has 0 unspecified atom stereocenters. The maximum atomic E-state index is 12.1. The number of aryl methyl sites for hydroxylation is 3. The SMILES string of the molecule is Cc1cc(C)c(N2CCN(C)C(=O)C2=O)c(C)c1. The molecule has 2 amide bonds. The van der Waals surface area contributed by atoms with E-state index in [9.17, 15) is 9.59 Å². The zero-order valence-corrected chi connectivity index (χ0v) is 11.3. The van der Waals surface area contributed by atoms with Crippen LogP contribution in [0, 0.1) is 20.8 Å². The van der Waals surface area contributed by atoms with Crippen LogP contribution >= 0.6 is 0 Å². The lowest BCUT2D eigenvalue weighted by Crippen LogP contribution is -2.53. The summed E-state index contributed by atoms with van der Waals surface area (Å²) in [5, 5.41) is 0. The first-order chi connectivity index (χ1) is 8.41. The van der Waals surface area contributed by atoms with Crippen molar-refractivity contribution in [3.63, 3.8) is 0 Å². The Morgan fingerprint density at radius 1 is 0.944 bits per heavy atom. The molecule has 0 N–H and O–H groups in total. The van der Waals surface area contributed by atoms with Crippen LogP contribution in [0.25, 0.3) is 0 Å². The number of anilines is 1. The van der Waals surface area contributed by atoms with Crippen LogP contribution in [0.1, 0.15) is 16.7 Å². The van der Waals surface area contributed by atoms with Gasteiger partial charge in [0.15, 0.2) is 0 Å². The molecule has 0 aromatic heterocycles. The lowest BCUT2D eigenvalue weighted by atomic mass is 10.0. The summed E-state index contributed by atoms with van der Waals surface area (Å²) < 4.78 is 0. The second-order valence-corrected chi connectivity index (χ2v) is 4.93. The van der Waals surface area contributed by atoms with Gasteiger partial charge in [0.25, 0.3) is 0 Å². The summed E-state index contributed by atoms with van der Waals surface area (Å²) in [5.41, 5.74) is 4.13. The molecule has 1 aliphatic rings. The molecule has 1 fully saturated rings. The van der Waals surface area contributed by atoms with Crippen molar-refractivity contribution in [3.05, 3.63) is 28.8 Å². The van der Waals surface area contributed by atoms with E-state index in [0.29, 0.717) is 13.1 Å². The lowest BCUT2D eigenvalue weighted by molar-refractivity contribution is -0.145. The molecule has 4 nitrogen and oxygen atoms in total. The first-order valence-electron chi connectivity index (χ1n) is 6.06. The minimum atomic E-state index is -0.432. The maximum absolute atomic E-state index is 12.1. The number of carbonyl (C=O) groups excluding carboxylic acids is 2. The number of piperazine rings is 1. The Morgan fingerprint density at radius 2 is 1.50 bits per heavy atom. The number of amides is 2. The van der Waals surface area contributed by atoms with Gasteiger partial charge >= 0.3 is 11.8 Å². The van der Waals surface area contributed by atoms with Crippen molar-refractivity contribution in [1.29, 1.82) is 0 Å². The molecular weight excluding hydrogens is 228 g/mol. The first kappa shape index (κ1) is 12.6. The predicted octanol–water partition coefficient (Wildman–Crippen LogP) is 1.42. The molecule has 1 aromatic carbocycles. The molecule has 1 aromatic rings. The molecule has 18 heavy (non-hydrogen) atoms. The molecule has 0 bridgehead atoms. The topological polar surface area (TPSA) is 40.6 Å². The van der Waals surface area contributed by atoms with Crippen LogP contribution in [0.3, 0.4) is 0 Å². The van der Waals surface area contributed by atoms with E-state index in [1.54, 1.807) is 11.9 Å². The molecule has 1 saturated heterocycles. The minimum Gasteiger partial charge on any atom is -0.336 e. The van der Waals surface area contributed by atoms with Gasteiger partial charge in [-0.2, -0.15) is 0 Å². The van der Waals surface area contributed by atoms with Gasteiger partial charge in [0.2, 0.25) is 0 Å². The number of rotatable bonds is 1. The van der Waals surface area contributed by atoms with Crippen molar-refractivity contribution in [1.82, 2.24) is 4.90 Å². The van der Waals surface area contributed by atoms with Gasteiger partial charge in [0.05, 0.1) is 5.69 Å². The van der Waals surface area contributed by atoms with Gasteiger partial charge in [0, 0.05) is 20.1 Å². The highest BCUT2D eigenvalue weighted by Crippen LogP contribution is 2.27. The van der Waals surface area contributed by atoms with Crippen LogP contribution < -0.4 is 4.90 Å². The van der Waals surface area contributed by atoms with E-state index in [1.165, 1.54) is 10.5 Å². The van der Waals surface area contributed by atoms with Crippen LogP contribution in [-0.2, 0) is 9.59 Å². The highest BCUT2D eigenvalue weighted by Gasteiger charge is 2.32. The van der Waals surface area contributed by atoms with E-state index in [0.717, 1.165) is 16.8 Å². The van der Waals surface area contributed by atoms with Crippen LogP contribution in [0.15, 0.2) is 12.1 Å². The molecular formula is C14H18N2O2. The van der Waals surface area contributed by atoms with E-state index in [-0.39, 0.29) is 0 Å². The minimum absolute atomic E-state index is 0.430. The second-order valence-electron chi connectivity index (χ2n) is 4.93. The highest BCUT2D eigenvalue weighted by atomic mass is 16.2. The average Bonchev–Trinajstić information content (AvgIpc) is 2.28. The Labute approximate surface area is 107 Å². The second kappa shape index (κ2) is 4.44. The number of carbonyl (C=O) groups is 2. The Bertz CT molecular complexity index is 500. The van der Waals surface area contributed by atoms with E-state index in [2.05, 4.69) is 0 Å². The Kier molecular flexibility index (Phi) is 3.11. The molecule has 4 heteroatoms. The molecule has 0 spiro atoms. The maximum Gasteiger partial charge on any atom is 0.316 e. The molecule has 2 rings (SSSR count). The Hall–Kier alpha value is -1.84. The fourth-order valence-corrected chi connectivity index (χ4v) is 2.54.